The number of nitrogens with one attached hydrogen (secondary N) is 1. The van der Waals surface area contributed by atoms with Crippen LogP contribution in [0.2, 0.25) is 0 Å². The lowest BCUT2D eigenvalue weighted by molar-refractivity contribution is 0.100. The third-order valence-corrected chi connectivity index (χ3v) is 6.38. The summed E-state index contributed by atoms with van der Waals surface area (Å²) in [5, 5.41) is 4.52. The summed E-state index contributed by atoms with van der Waals surface area (Å²) < 4.78 is 0. The second-order valence-electron chi connectivity index (χ2n) is 7.60. The molecule has 1 heterocycles. The first-order valence-electron chi connectivity index (χ1n) is 8.34. The molecule has 0 aromatic heterocycles. The van der Waals surface area contributed by atoms with Gasteiger partial charge in [0.05, 0.1) is 0 Å². The van der Waals surface area contributed by atoms with Crippen LogP contribution in [0.15, 0.2) is 0 Å². The molecule has 0 amide bonds. The largest absolute Gasteiger partial charge is 0.311 e. The van der Waals surface area contributed by atoms with E-state index in [1.807, 2.05) is 0 Å². The average Bonchev–Trinajstić information content (AvgIpc) is 2.39. The molecule has 0 radical (unpaired) electrons. The van der Waals surface area contributed by atoms with Crippen molar-refractivity contribution in [2.24, 2.45) is 5.41 Å². The van der Waals surface area contributed by atoms with Crippen molar-refractivity contribution in [1.82, 2.24) is 10.2 Å². The highest BCUT2D eigenvalue weighted by atomic mass is 32.2. The fraction of sp³-hybridized carbons (Fsp3) is 1.00. The van der Waals surface area contributed by atoms with Gasteiger partial charge in [-0.3, -0.25) is 4.90 Å². The van der Waals surface area contributed by atoms with Gasteiger partial charge in [0.15, 0.2) is 0 Å². The van der Waals surface area contributed by atoms with E-state index in [1.165, 1.54) is 31.7 Å². The fourth-order valence-electron chi connectivity index (χ4n) is 2.88. The van der Waals surface area contributed by atoms with Crippen molar-refractivity contribution >= 4 is 11.8 Å². The lowest BCUT2D eigenvalue weighted by Crippen LogP contribution is -2.53. The molecule has 0 aromatic rings. The van der Waals surface area contributed by atoms with E-state index < -0.39 is 0 Å². The van der Waals surface area contributed by atoms with Gasteiger partial charge in [0.1, 0.15) is 0 Å². The smallest absolute Gasteiger partial charge is 0.0184 e. The Morgan fingerprint density at radius 2 is 1.75 bits per heavy atom. The summed E-state index contributed by atoms with van der Waals surface area (Å²) in [5.41, 5.74) is 0.634. The van der Waals surface area contributed by atoms with Gasteiger partial charge >= 0.3 is 0 Å². The molecule has 1 N–H and O–H groups in total. The van der Waals surface area contributed by atoms with Gasteiger partial charge < -0.3 is 5.32 Å². The summed E-state index contributed by atoms with van der Waals surface area (Å²) in [7, 11) is 0. The van der Waals surface area contributed by atoms with Gasteiger partial charge in [0.25, 0.3) is 0 Å². The van der Waals surface area contributed by atoms with Gasteiger partial charge in [-0.1, -0.05) is 20.8 Å². The molecule has 1 aliphatic heterocycles. The Labute approximate surface area is 131 Å². The van der Waals surface area contributed by atoms with Gasteiger partial charge in [-0.25, -0.2) is 0 Å². The fourth-order valence-corrected chi connectivity index (χ4v) is 4.04. The van der Waals surface area contributed by atoms with E-state index in [0.717, 1.165) is 11.8 Å². The molecule has 1 saturated heterocycles. The first-order valence-corrected chi connectivity index (χ1v) is 9.38. The summed E-state index contributed by atoms with van der Waals surface area (Å²) in [6, 6.07) is 0.709. The molecule has 1 aliphatic rings. The van der Waals surface area contributed by atoms with Crippen LogP contribution in [0, 0.1) is 5.41 Å². The first-order chi connectivity index (χ1) is 9.23. The number of hydrogen-bond donors (Lipinski definition) is 1. The monoisotopic (exact) mass is 300 g/mol. The molecule has 2 nitrogen and oxygen atoms in total. The van der Waals surface area contributed by atoms with Gasteiger partial charge in [-0.15, -0.1) is 0 Å². The highest BCUT2D eigenvalue weighted by Crippen LogP contribution is 2.32. The summed E-state index contributed by atoms with van der Waals surface area (Å²) in [6.45, 7) is 20.0. The Morgan fingerprint density at radius 3 is 2.25 bits per heavy atom. The predicted octanol–water partition coefficient (Wildman–Crippen LogP) is 4.01. The molecular formula is C17H36N2S. The highest BCUT2D eigenvalue weighted by molar-refractivity contribution is 8.00. The van der Waals surface area contributed by atoms with E-state index in [1.54, 1.807) is 0 Å². The van der Waals surface area contributed by atoms with E-state index in [0.29, 0.717) is 11.5 Å². The summed E-state index contributed by atoms with van der Waals surface area (Å²) in [5.74, 6) is 1.29. The molecule has 1 rings (SSSR count). The van der Waals surface area contributed by atoms with E-state index in [2.05, 4.69) is 70.4 Å². The Bertz CT molecular complexity index is 281. The Morgan fingerprint density at radius 1 is 1.15 bits per heavy atom. The molecule has 0 aliphatic carbocycles. The van der Waals surface area contributed by atoms with Crippen molar-refractivity contribution in [2.45, 2.75) is 78.1 Å². The van der Waals surface area contributed by atoms with Crippen LogP contribution in [0.4, 0.5) is 0 Å². The minimum Gasteiger partial charge on any atom is -0.311 e. The molecule has 2 unspecified atom stereocenters. The average molecular weight is 301 g/mol. The van der Waals surface area contributed by atoms with E-state index in [-0.39, 0.29) is 5.54 Å². The molecule has 0 aromatic carbocycles. The minimum atomic E-state index is 0.215. The van der Waals surface area contributed by atoms with Crippen molar-refractivity contribution < 1.29 is 0 Å². The van der Waals surface area contributed by atoms with Crippen molar-refractivity contribution in [3.05, 3.63) is 0 Å². The summed E-state index contributed by atoms with van der Waals surface area (Å²) in [4.78, 5) is 2.73. The van der Waals surface area contributed by atoms with Gasteiger partial charge in [0, 0.05) is 42.2 Å². The molecule has 3 heteroatoms. The zero-order valence-corrected chi connectivity index (χ0v) is 15.6. The number of thioether (sulfide) groups is 1. The highest BCUT2D eigenvalue weighted by Gasteiger charge is 2.34. The molecule has 120 valence electrons. The van der Waals surface area contributed by atoms with Gasteiger partial charge in [-0.05, 0) is 46.0 Å². The predicted molar refractivity (Wildman–Crippen MR) is 93.7 cm³/mol. The lowest BCUT2D eigenvalue weighted by atomic mass is 9.80. The zero-order valence-electron chi connectivity index (χ0n) is 14.8. The standard InChI is InChI=1S/C17H36N2S/c1-8-17(9-2,12-18-16(5,6)7)13-19-10-11-20-15(4)14(19)3/h14-15,18H,8-13H2,1-7H3. The normalized spacial score (nSPS) is 25.9. The van der Waals surface area contributed by atoms with Crippen LogP contribution in [-0.4, -0.2) is 47.1 Å². The van der Waals surface area contributed by atoms with Gasteiger partial charge in [-0.2, -0.15) is 11.8 Å². The van der Waals surface area contributed by atoms with E-state index in [4.69, 9.17) is 0 Å². The third-order valence-electron chi connectivity index (χ3n) is 5.05. The Balaban J connectivity index is 2.69. The van der Waals surface area contributed by atoms with Crippen LogP contribution in [-0.2, 0) is 0 Å². The van der Waals surface area contributed by atoms with Crippen molar-refractivity contribution in [2.75, 3.05) is 25.4 Å². The molecule has 0 saturated carbocycles. The molecule has 0 spiro atoms. The van der Waals surface area contributed by atoms with E-state index >= 15 is 0 Å². The maximum atomic E-state index is 3.75. The number of rotatable bonds is 6. The zero-order chi connectivity index (χ0) is 15.4. The topological polar surface area (TPSA) is 15.3 Å². The lowest BCUT2D eigenvalue weighted by Gasteiger charge is -2.45. The molecular weight excluding hydrogens is 264 g/mol. The van der Waals surface area contributed by atoms with E-state index in [9.17, 15) is 0 Å². The summed E-state index contributed by atoms with van der Waals surface area (Å²) >= 11 is 2.13. The molecule has 0 bridgehead atoms. The summed E-state index contributed by atoms with van der Waals surface area (Å²) in [6.07, 6.45) is 2.52. The molecule has 20 heavy (non-hydrogen) atoms. The van der Waals surface area contributed by atoms with Crippen molar-refractivity contribution in [3.8, 4) is 0 Å². The molecule has 1 fully saturated rings. The SMILES string of the molecule is CCC(CC)(CNC(C)(C)C)CN1CCSC(C)C1C. The third kappa shape index (κ3) is 5.23. The van der Waals surface area contributed by atoms with Crippen molar-refractivity contribution in [3.63, 3.8) is 0 Å². The number of nitrogens with zero attached hydrogens (tertiary/aromatic N) is 1. The quantitative estimate of drug-likeness (QED) is 0.798. The maximum Gasteiger partial charge on any atom is 0.0184 e. The van der Waals surface area contributed by atoms with Crippen LogP contribution in [0.1, 0.15) is 61.3 Å². The second kappa shape index (κ2) is 7.51. The maximum absolute atomic E-state index is 3.75. The van der Waals surface area contributed by atoms with Crippen LogP contribution in [0.3, 0.4) is 0 Å². The Kier molecular flexibility index (Phi) is 6.88. The second-order valence-corrected chi connectivity index (χ2v) is 9.08. The van der Waals surface area contributed by atoms with Gasteiger partial charge in [0.2, 0.25) is 0 Å². The van der Waals surface area contributed by atoms with Crippen LogP contribution in [0.25, 0.3) is 0 Å². The van der Waals surface area contributed by atoms with Crippen LogP contribution >= 0.6 is 11.8 Å². The Hall–Kier alpha value is 0.270. The van der Waals surface area contributed by atoms with Crippen LogP contribution in [0.5, 0.6) is 0 Å². The molecule has 2 atom stereocenters. The van der Waals surface area contributed by atoms with Crippen LogP contribution < -0.4 is 5.32 Å². The minimum absolute atomic E-state index is 0.215. The number of hydrogen-bond acceptors (Lipinski definition) is 3. The first kappa shape index (κ1) is 18.3. The van der Waals surface area contributed by atoms with Crippen molar-refractivity contribution in [1.29, 1.82) is 0 Å².